The zero-order chi connectivity index (χ0) is 26.1. The van der Waals surface area contributed by atoms with Crippen LogP contribution in [0.3, 0.4) is 0 Å². The zero-order valence-electron chi connectivity index (χ0n) is 23.1. The molecule has 0 bridgehead atoms. The average molecular weight is 521 g/mol. The van der Waals surface area contributed by atoms with E-state index in [9.17, 15) is 0 Å². The van der Waals surface area contributed by atoms with E-state index < -0.39 is 0 Å². The normalized spacial score (nSPS) is 30.5. The number of aliphatic hydroxyl groups excluding tert-OH is 1. The lowest BCUT2D eigenvalue weighted by Crippen LogP contribution is -2.47. The van der Waals surface area contributed by atoms with Gasteiger partial charge in [0.1, 0.15) is 12.5 Å². The largest absolute Gasteiger partial charge is 0.468 e. The van der Waals surface area contributed by atoms with E-state index in [1.165, 1.54) is 37.7 Å². The molecule has 7 nitrogen and oxygen atoms in total. The minimum atomic E-state index is 0.0615. The molecule has 0 aliphatic heterocycles. The maximum Gasteiger partial charge on any atom is 0.188 e. The Bertz CT molecular complexity index is 817. The van der Waals surface area contributed by atoms with Gasteiger partial charge in [-0.3, -0.25) is 0 Å². The van der Waals surface area contributed by atoms with Crippen molar-refractivity contribution in [3.63, 3.8) is 0 Å². The maximum absolute atomic E-state index is 8.79. The van der Waals surface area contributed by atoms with E-state index in [4.69, 9.17) is 33.5 Å². The summed E-state index contributed by atoms with van der Waals surface area (Å²) >= 11 is 0. The molecule has 0 aromatic heterocycles. The fraction of sp³-hybridized carbons (Fsp3) is 0.800. The summed E-state index contributed by atoms with van der Waals surface area (Å²) in [6.07, 6.45) is 9.72. The number of methoxy groups -OCH3 is 2. The van der Waals surface area contributed by atoms with Crippen molar-refractivity contribution in [2.45, 2.75) is 70.3 Å². The van der Waals surface area contributed by atoms with E-state index in [0.29, 0.717) is 56.4 Å². The summed E-state index contributed by atoms with van der Waals surface area (Å²) in [4.78, 5) is 0. The standard InChI is InChI=1S/C30H48O7/c1-30-12-11-26-25-8-7-24(36-20-32-2)19-23(25)18-22(6-4-5-14-34-16-17-35-15-13-31)29(26)27(30)9-10-28(30)37-21-33-3/h7-8,19,22,26-29,31H,4-6,9-18,20-21H2,1-3H3. The molecule has 37 heavy (non-hydrogen) atoms. The third kappa shape index (κ3) is 6.87. The third-order valence-corrected chi connectivity index (χ3v) is 9.24. The first kappa shape index (κ1) is 28.8. The van der Waals surface area contributed by atoms with Crippen LogP contribution in [0.25, 0.3) is 0 Å². The van der Waals surface area contributed by atoms with E-state index >= 15 is 0 Å². The van der Waals surface area contributed by atoms with Crippen molar-refractivity contribution in [2.75, 3.05) is 60.8 Å². The molecule has 2 fully saturated rings. The quantitative estimate of drug-likeness (QED) is 0.245. The summed E-state index contributed by atoms with van der Waals surface area (Å²) in [6.45, 7) is 5.51. The Morgan fingerprint density at radius 3 is 2.54 bits per heavy atom. The van der Waals surface area contributed by atoms with Crippen LogP contribution >= 0.6 is 0 Å². The molecule has 3 aliphatic carbocycles. The molecule has 0 spiro atoms. The van der Waals surface area contributed by atoms with Crippen molar-refractivity contribution in [2.24, 2.45) is 23.2 Å². The number of fused-ring (bicyclic) bond motifs is 5. The molecular weight excluding hydrogens is 472 g/mol. The summed E-state index contributed by atoms with van der Waals surface area (Å²) < 4.78 is 33.5. The Morgan fingerprint density at radius 1 is 0.946 bits per heavy atom. The summed E-state index contributed by atoms with van der Waals surface area (Å²) in [5.74, 6) is 3.57. The van der Waals surface area contributed by atoms with E-state index in [1.54, 1.807) is 19.8 Å². The lowest BCUT2D eigenvalue weighted by molar-refractivity contribution is -0.128. The van der Waals surface area contributed by atoms with Gasteiger partial charge >= 0.3 is 0 Å². The van der Waals surface area contributed by atoms with Crippen LogP contribution < -0.4 is 4.74 Å². The number of rotatable bonds is 16. The van der Waals surface area contributed by atoms with Gasteiger partial charge < -0.3 is 33.5 Å². The Hall–Kier alpha value is -1.22. The molecule has 0 heterocycles. The summed E-state index contributed by atoms with van der Waals surface area (Å²) in [5, 5.41) is 8.79. The minimum Gasteiger partial charge on any atom is -0.468 e. The van der Waals surface area contributed by atoms with Gasteiger partial charge in [-0.25, -0.2) is 0 Å². The monoisotopic (exact) mass is 520 g/mol. The minimum absolute atomic E-state index is 0.0615. The molecule has 3 aliphatic rings. The highest BCUT2D eigenvalue weighted by atomic mass is 16.7. The highest BCUT2D eigenvalue weighted by Crippen LogP contribution is 2.63. The smallest absolute Gasteiger partial charge is 0.188 e. The molecule has 2 saturated carbocycles. The van der Waals surface area contributed by atoms with Gasteiger partial charge in [0, 0.05) is 20.8 Å². The Balaban J connectivity index is 1.44. The van der Waals surface area contributed by atoms with Crippen LogP contribution in [-0.4, -0.2) is 72.1 Å². The Morgan fingerprint density at radius 2 is 1.76 bits per heavy atom. The second-order valence-corrected chi connectivity index (χ2v) is 11.3. The van der Waals surface area contributed by atoms with Gasteiger partial charge in [-0.2, -0.15) is 0 Å². The van der Waals surface area contributed by atoms with Crippen LogP contribution in [-0.2, 0) is 30.1 Å². The molecule has 0 radical (unpaired) electrons. The van der Waals surface area contributed by atoms with Gasteiger partial charge in [0.05, 0.1) is 32.5 Å². The summed E-state index contributed by atoms with van der Waals surface area (Å²) in [6, 6.07) is 6.72. The number of unbranched alkanes of at least 4 members (excludes halogenated alkanes) is 1. The first-order valence-corrected chi connectivity index (χ1v) is 14.2. The molecule has 0 amide bonds. The van der Waals surface area contributed by atoms with Crippen LogP contribution in [0.2, 0.25) is 0 Å². The van der Waals surface area contributed by atoms with Gasteiger partial charge in [-0.1, -0.05) is 19.4 Å². The predicted octanol–water partition coefficient (Wildman–Crippen LogP) is 4.94. The van der Waals surface area contributed by atoms with E-state index in [1.807, 2.05) is 0 Å². The van der Waals surface area contributed by atoms with Crippen LogP contribution in [0.15, 0.2) is 18.2 Å². The van der Waals surface area contributed by atoms with Gasteiger partial charge in [-0.05, 0) is 97.3 Å². The number of aliphatic hydroxyl groups is 1. The highest BCUT2D eigenvalue weighted by molar-refractivity contribution is 5.41. The number of hydrogen-bond acceptors (Lipinski definition) is 7. The van der Waals surface area contributed by atoms with E-state index in [2.05, 4.69) is 25.1 Å². The predicted molar refractivity (Wildman–Crippen MR) is 142 cm³/mol. The maximum atomic E-state index is 8.79. The zero-order valence-corrected chi connectivity index (χ0v) is 23.1. The molecule has 210 valence electrons. The molecule has 1 aromatic rings. The Labute approximate surface area is 223 Å². The van der Waals surface area contributed by atoms with Gasteiger partial charge in [0.2, 0.25) is 0 Å². The first-order valence-electron chi connectivity index (χ1n) is 14.2. The van der Waals surface area contributed by atoms with Crippen molar-refractivity contribution in [1.29, 1.82) is 0 Å². The lowest BCUT2D eigenvalue weighted by atomic mass is 9.52. The van der Waals surface area contributed by atoms with Gasteiger partial charge in [0.25, 0.3) is 0 Å². The van der Waals surface area contributed by atoms with E-state index in [-0.39, 0.29) is 18.8 Å². The summed E-state index contributed by atoms with van der Waals surface area (Å²) in [5.41, 5.74) is 3.24. The Kier molecular flexibility index (Phi) is 11.1. The van der Waals surface area contributed by atoms with Crippen LogP contribution in [0, 0.1) is 23.2 Å². The van der Waals surface area contributed by atoms with Crippen molar-refractivity contribution in [1.82, 2.24) is 0 Å². The fourth-order valence-corrected chi connectivity index (χ4v) is 7.64. The van der Waals surface area contributed by atoms with Crippen LogP contribution in [0.5, 0.6) is 5.75 Å². The van der Waals surface area contributed by atoms with Crippen molar-refractivity contribution < 1.29 is 33.5 Å². The second-order valence-electron chi connectivity index (χ2n) is 11.3. The molecule has 6 atom stereocenters. The number of hydrogen-bond donors (Lipinski definition) is 1. The van der Waals surface area contributed by atoms with E-state index in [0.717, 1.165) is 31.6 Å². The third-order valence-electron chi connectivity index (χ3n) is 9.24. The fourth-order valence-electron chi connectivity index (χ4n) is 7.64. The van der Waals surface area contributed by atoms with Crippen molar-refractivity contribution >= 4 is 0 Å². The van der Waals surface area contributed by atoms with Gasteiger partial charge in [-0.15, -0.1) is 0 Å². The van der Waals surface area contributed by atoms with Crippen LogP contribution in [0.1, 0.15) is 68.9 Å². The van der Waals surface area contributed by atoms with Crippen LogP contribution in [0.4, 0.5) is 0 Å². The number of ether oxygens (including phenoxy) is 6. The molecule has 1 aromatic carbocycles. The highest BCUT2D eigenvalue weighted by Gasteiger charge is 2.57. The molecule has 1 N–H and O–H groups in total. The van der Waals surface area contributed by atoms with Crippen molar-refractivity contribution in [3.8, 4) is 5.75 Å². The van der Waals surface area contributed by atoms with Gasteiger partial charge in [0.15, 0.2) is 6.79 Å². The molecule has 4 rings (SSSR count). The first-order chi connectivity index (χ1) is 18.1. The second kappa shape index (κ2) is 14.2. The van der Waals surface area contributed by atoms with Crippen molar-refractivity contribution in [3.05, 3.63) is 29.3 Å². The topological polar surface area (TPSA) is 75.6 Å². The summed E-state index contributed by atoms with van der Waals surface area (Å²) in [7, 11) is 3.38. The SMILES string of the molecule is COCOc1ccc2c(c1)CC(CCCCOCCOCCO)C1C2CCC2(C)C(OCOC)CCC12. The molecule has 7 heteroatoms. The molecule has 0 saturated heterocycles. The number of benzene rings is 1. The molecule has 6 unspecified atom stereocenters. The lowest BCUT2D eigenvalue weighted by Gasteiger charge is -2.53. The molecular formula is C30H48O7. The average Bonchev–Trinajstić information content (AvgIpc) is 3.25.